The maximum Gasteiger partial charge on any atom is 0.257 e. The van der Waals surface area contributed by atoms with E-state index in [2.05, 4.69) is 15.7 Å². The number of anilines is 1. The third kappa shape index (κ3) is 3.08. The van der Waals surface area contributed by atoms with Gasteiger partial charge in [-0.2, -0.15) is 0 Å². The van der Waals surface area contributed by atoms with Gasteiger partial charge in [0.15, 0.2) is 11.9 Å². The van der Waals surface area contributed by atoms with Crippen LogP contribution < -0.4 is 27.4 Å². The second-order valence-corrected chi connectivity index (χ2v) is 4.65. The van der Waals surface area contributed by atoms with Gasteiger partial charge in [0.1, 0.15) is 12.7 Å². The van der Waals surface area contributed by atoms with Crippen LogP contribution in [0.4, 0.5) is 5.69 Å². The smallest absolute Gasteiger partial charge is 0.257 e. The van der Waals surface area contributed by atoms with Gasteiger partial charge in [-0.15, -0.1) is 5.10 Å². The number of halogens is 1. The number of nitrogen functional groups attached to an aromatic ring is 1. The minimum absolute atomic E-state index is 0. The van der Waals surface area contributed by atoms with Gasteiger partial charge in [-0.25, -0.2) is 9.08 Å². The molecule has 0 amide bonds. The molecular weight excluding hydrogens is 288 g/mol. The summed E-state index contributed by atoms with van der Waals surface area (Å²) in [7, 11) is 2.02. The number of hydrogen-bond donors (Lipinski definition) is 1. The summed E-state index contributed by atoms with van der Waals surface area (Å²) < 4.78 is 9.52. The number of aromatic nitrogens is 3. The number of nitrogens with two attached hydrogens (primary N) is 1. The van der Waals surface area contributed by atoms with Crippen LogP contribution in [0.5, 0.6) is 5.88 Å². The molecule has 0 atom stereocenters. The molecule has 21 heavy (non-hydrogen) atoms. The first kappa shape index (κ1) is 15.1. The fourth-order valence-electron chi connectivity index (χ4n) is 2.17. The molecule has 0 aliphatic rings. The second-order valence-electron chi connectivity index (χ2n) is 4.65. The maximum absolute atomic E-state index is 6.03. The van der Waals surface area contributed by atoms with Crippen LogP contribution in [0, 0.1) is 0 Å². The summed E-state index contributed by atoms with van der Waals surface area (Å²) >= 11 is 0. The Labute approximate surface area is 129 Å². The van der Waals surface area contributed by atoms with Gasteiger partial charge < -0.3 is 22.9 Å². The van der Waals surface area contributed by atoms with Gasteiger partial charge in [0.05, 0.1) is 18.5 Å². The fraction of sp³-hybridized carbons (Fsp3) is 0.200. The molecule has 3 aromatic heterocycles. The molecule has 110 valence electrons. The number of rotatable bonds is 4. The van der Waals surface area contributed by atoms with Crippen LogP contribution in [0.1, 0.15) is 5.69 Å². The van der Waals surface area contributed by atoms with Crippen molar-refractivity contribution < 1.29 is 21.7 Å². The number of aryl methyl sites for hydroxylation is 1. The van der Waals surface area contributed by atoms with E-state index in [0.717, 1.165) is 11.9 Å². The van der Waals surface area contributed by atoms with Crippen LogP contribution in [-0.2, 0) is 13.5 Å². The fourth-order valence-corrected chi connectivity index (χ4v) is 2.17. The zero-order valence-electron chi connectivity index (χ0n) is 11.7. The molecule has 0 bridgehead atoms. The van der Waals surface area contributed by atoms with Crippen LogP contribution in [0.3, 0.4) is 0 Å². The first-order valence-corrected chi connectivity index (χ1v) is 6.55. The predicted octanol–water partition coefficient (Wildman–Crippen LogP) is -1.63. The number of hydrogen-bond acceptors (Lipinski definition) is 3. The quantitative estimate of drug-likeness (QED) is 0.589. The SMILES string of the molecule is C[n+]1ccccc1CCOc1nn2ccccc2c1N.[Cl-]. The summed E-state index contributed by atoms with van der Waals surface area (Å²) in [6, 6.07) is 11.9. The van der Waals surface area contributed by atoms with E-state index in [4.69, 9.17) is 10.5 Å². The first-order chi connectivity index (χ1) is 9.75. The number of fused-ring (bicyclic) bond motifs is 1. The Balaban J connectivity index is 0.00000161. The molecule has 5 nitrogen and oxygen atoms in total. The van der Waals surface area contributed by atoms with Crippen LogP contribution in [0.15, 0.2) is 48.8 Å². The van der Waals surface area contributed by atoms with Crippen LogP contribution in [0.25, 0.3) is 5.52 Å². The lowest BCUT2D eigenvalue weighted by Gasteiger charge is -2.02. The highest BCUT2D eigenvalue weighted by Gasteiger charge is 2.11. The zero-order chi connectivity index (χ0) is 13.9. The highest BCUT2D eigenvalue weighted by molar-refractivity contribution is 5.74. The molecule has 3 rings (SSSR count). The molecule has 0 aliphatic carbocycles. The monoisotopic (exact) mass is 304 g/mol. The lowest BCUT2D eigenvalue weighted by atomic mass is 10.3. The van der Waals surface area contributed by atoms with E-state index in [1.807, 2.05) is 49.8 Å². The van der Waals surface area contributed by atoms with Crippen LogP contribution >= 0.6 is 0 Å². The third-order valence-corrected chi connectivity index (χ3v) is 3.30. The highest BCUT2D eigenvalue weighted by Crippen LogP contribution is 2.24. The van der Waals surface area contributed by atoms with Gasteiger partial charge in [-0.05, 0) is 12.1 Å². The van der Waals surface area contributed by atoms with Crippen LogP contribution in [0.2, 0.25) is 0 Å². The second kappa shape index (κ2) is 6.45. The van der Waals surface area contributed by atoms with Crippen molar-refractivity contribution in [2.24, 2.45) is 7.05 Å². The Bertz CT molecular complexity index is 741. The molecule has 0 aromatic carbocycles. The average molecular weight is 305 g/mol. The molecule has 6 heteroatoms. The minimum Gasteiger partial charge on any atom is -1.00 e. The topological polar surface area (TPSA) is 56.4 Å². The normalized spacial score (nSPS) is 10.3. The van der Waals surface area contributed by atoms with Gasteiger partial charge in [-0.3, -0.25) is 0 Å². The summed E-state index contributed by atoms with van der Waals surface area (Å²) in [6.45, 7) is 0.548. The van der Waals surface area contributed by atoms with Gasteiger partial charge in [0, 0.05) is 18.3 Å². The average Bonchev–Trinajstić information content (AvgIpc) is 2.78. The minimum atomic E-state index is 0. The molecule has 2 N–H and O–H groups in total. The number of nitrogens with zero attached hydrogens (tertiary/aromatic N) is 3. The van der Waals surface area contributed by atoms with Gasteiger partial charge in [-0.1, -0.05) is 12.1 Å². The van der Waals surface area contributed by atoms with Crippen molar-refractivity contribution in [1.82, 2.24) is 9.61 Å². The lowest BCUT2D eigenvalue weighted by Crippen LogP contribution is -3.00. The Kier molecular flexibility index (Phi) is 4.65. The van der Waals surface area contributed by atoms with E-state index in [1.54, 1.807) is 4.52 Å². The molecule has 0 saturated carbocycles. The number of ether oxygens (including phenoxy) is 1. The molecule has 0 saturated heterocycles. The van der Waals surface area contributed by atoms with Crippen molar-refractivity contribution in [2.45, 2.75) is 6.42 Å². The molecular formula is C15H17ClN4O. The lowest BCUT2D eigenvalue weighted by molar-refractivity contribution is -0.679. The van der Waals surface area contributed by atoms with E-state index >= 15 is 0 Å². The number of pyridine rings is 2. The summed E-state index contributed by atoms with van der Waals surface area (Å²) in [5, 5.41) is 4.33. The van der Waals surface area contributed by atoms with Crippen molar-refractivity contribution >= 4 is 11.2 Å². The molecule has 0 fully saturated rings. The Morgan fingerprint density at radius 3 is 2.81 bits per heavy atom. The molecule has 3 heterocycles. The largest absolute Gasteiger partial charge is 1.00 e. The Hall–Kier alpha value is -2.27. The Morgan fingerprint density at radius 1 is 1.24 bits per heavy atom. The molecule has 0 unspecified atom stereocenters. The van der Waals surface area contributed by atoms with Crippen molar-refractivity contribution in [1.29, 1.82) is 0 Å². The van der Waals surface area contributed by atoms with E-state index in [-0.39, 0.29) is 12.4 Å². The van der Waals surface area contributed by atoms with Gasteiger partial charge >= 0.3 is 0 Å². The van der Waals surface area contributed by atoms with Crippen molar-refractivity contribution in [3.05, 3.63) is 54.5 Å². The standard InChI is InChI=1S/C15H17N4O.ClH/c1-18-9-4-2-6-12(18)8-11-20-15-14(16)13-7-3-5-10-19(13)17-15;/h2-7,9-10H,8,11,16H2,1H3;1H/q+1;/p-1. The molecule has 0 radical (unpaired) electrons. The molecule has 3 aromatic rings. The van der Waals surface area contributed by atoms with Gasteiger partial charge in [0.25, 0.3) is 5.88 Å². The predicted molar refractivity (Wildman–Crippen MR) is 76.4 cm³/mol. The Morgan fingerprint density at radius 2 is 2.05 bits per heavy atom. The van der Waals surface area contributed by atoms with Gasteiger partial charge in [0.2, 0.25) is 0 Å². The van der Waals surface area contributed by atoms with E-state index in [9.17, 15) is 0 Å². The molecule has 0 aliphatic heterocycles. The van der Waals surface area contributed by atoms with E-state index in [0.29, 0.717) is 18.2 Å². The zero-order valence-corrected chi connectivity index (χ0v) is 12.5. The third-order valence-electron chi connectivity index (χ3n) is 3.30. The summed E-state index contributed by atoms with van der Waals surface area (Å²) in [5.41, 5.74) is 8.69. The summed E-state index contributed by atoms with van der Waals surface area (Å²) in [4.78, 5) is 0. The van der Waals surface area contributed by atoms with Crippen LogP contribution in [-0.4, -0.2) is 16.2 Å². The van der Waals surface area contributed by atoms with Crippen molar-refractivity contribution in [3.8, 4) is 5.88 Å². The highest BCUT2D eigenvalue weighted by atomic mass is 35.5. The van der Waals surface area contributed by atoms with E-state index < -0.39 is 0 Å². The summed E-state index contributed by atoms with van der Waals surface area (Å²) in [6.07, 6.45) is 4.69. The van der Waals surface area contributed by atoms with E-state index in [1.165, 1.54) is 5.69 Å². The van der Waals surface area contributed by atoms with Crippen molar-refractivity contribution in [3.63, 3.8) is 0 Å². The van der Waals surface area contributed by atoms with Crippen molar-refractivity contribution in [2.75, 3.05) is 12.3 Å². The summed E-state index contributed by atoms with van der Waals surface area (Å²) in [5.74, 6) is 0.495. The maximum atomic E-state index is 6.03. The molecule has 0 spiro atoms. The first-order valence-electron chi connectivity index (χ1n) is 6.55.